The number of anilines is 1. The molecule has 0 saturated carbocycles. The topological polar surface area (TPSA) is 75.6 Å². The van der Waals surface area contributed by atoms with Crippen LogP contribution in [0.25, 0.3) is 0 Å². The quantitative estimate of drug-likeness (QED) is 0.870. The maximum atomic E-state index is 12.2. The van der Waals surface area contributed by atoms with Gasteiger partial charge in [-0.15, -0.1) is 0 Å². The van der Waals surface area contributed by atoms with Gasteiger partial charge < -0.3 is 9.84 Å². The Bertz CT molecular complexity index is 542. The Kier molecular flexibility index (Phi) is 4.64. The first-order valence-corrected chi connectivity index (χ1v) is 6.65. The molecule has 0 aliphatic rings. The van der Waals surface area contributed by atoms with E-state index in [1.165, 1.54) is 10.8 Å². The third-order valence-corrected chi connectivity index (χ3v) is 3.20. The van der Waals surface area contributed by atoms with Crippen molar-refractivity contribution in [2.45, 2.75) is 19.0 Å². The molecule has 108 valence electrons. The summed E-state index contributed by atoms with van der Waals surface area (Å²) in [5.74, 6) is 0.278. The highest BCUT2D eigenvalue weighted by Gasteiger charge is 2.46. The van der Waals surface area contributed by atoms with Crippen LogP contribution in [-0.2, 0) is 16.6 Å². The van der Waals surface area contributed by atoms with E-state index in [4.69, 9.17) is 9.84 Å². The van der Waals surface area contributed by atoms with E-state index >= 15 is 0 Å². The molecule has 0 aromatic heterocycles. The third-order valence-electron chi connectivity index (χ3n) is 2.09. The lowest BCUT2D eigenvalue weighted by Crippen LogP contribution is -2.29. The molecule has 0 saturated heterocycles. The fraction of sp³-hybridized carbons (Fsp3) is 0.400. The number of nitrogens with one attached hydrogen (secondary N) is 1. The lowest BCUT2D eigenvalue weighted by molar-refractivity contribution is -0.0429. The number of benzene rings is 1. The summed E-state index contributed by atoms with van der Waals surface area (Å²) >= 11 is 0. The van der Waals surface area contributed by atoms with Gasteiger partial charge in [0.25, 0.3) is 0 Å². The van der Waals surface area contributed by atoms with Crippen molar-refractivity contribution in [3.63, 3.8) is 0 Å². The number of alkyl halides is 3. The van der Waals surface area contributed by atoms with Crippen molar-refractivity contribution in [3.8, 4) is 5.75 Å². The SMILES string of the molecule is CCOc1ccc(NS(=O)(=O)C(F)(F)F)cc1CO. The van der Waals surface area contributed by atoms with Crippen LogP contribution in [0, 0.1) is 0 Å². The summed E-state index contributed by atoms with van der Waals surface area (Å²) in [6.45, 7) is 1.51. The standard InChI is InChI=1S/C10H12F3NO4S/c1-2-18-9-4-3-8(5-7(9)6-15)14-19(16,17)10(11,12)13/h3-5,14-15H,2,6H2,1H3. The van der Waals surface area contributed by atoms with Crippen LogP contribution in [0.1, 0.15) is 12.5 Å². The van der Waals surface area contributed by atoms with Crippen LogP contribution >= 0.6 is 0 Å². The fourth-order valence-electron chi connectivity index (χ4n) is 1.28. The van der Waals surface area contributed by atoms with Crippen molar-refractivity contribution < 1.29 is 31.4 Å². The first-order chi connectivity index (χ1) is 8.71. The van der Waals surface area contributed by atoms with Crippen LogP contribution in [0.15, 0.2) is 18.2 Å². The molecule has 1 rings (SSSR count). The van der Waals surface area contributed by atoms with Gasteiger partial charge in [-0.1, -0.05) is 0 Å². The van der Waals surface area contributed by atoms with Crippen LogP contribution in [0.2, 0.25) is 0 Å². The second-order valence-electron chi connectivity index (χ2n) is 3.46. The smallest absolute Gasteiger partial charge is 0.494 e. The van der Waals surface area contributed by atoms with Gasteiger partial charge in [0.1, 0.15) is 5.75 Å². The maximum absolute atomic E-state index is 12.2. The van der Waals surface area contributed by atoms with E-state index in [2.05, 4.69) is 0 Å². The van der Waals surface area contributed by atoms with E-state index in [0.29, 0.717) is 6.61 Å². The summed E-state index contributed by atoms with van der Waals surface area (Å²) in [4.78, 5) is 0. The minimum Gasteiger partial charge on any atom is -0.494 e. The lowest BCUT2D eigenvalue weighted by atomic mass is 10.2. The van der Waals surface area contributed by atoms with E-state index in [1.54, 1.807) is 6.92 Å². The monoisotopic (exact) mass is 299 g/mol. The molecule has 0 fully saturated rings. The molecule has 0 atom stereocenters. The molecule has 2 N–H and O–H groups in total. The zero-order valence-electron chi connectivity index (χ0n) is 9.86. The second kappa shape index (κ2) is 5.66. The van der Waals surface area contributed by atoms with Crippen LogP contribution < -0.4 is 9.46 Å². The van der Waals surface area contributed by atoms with Gasteiger partial charge in [-0.2, -0.15) is 21.6 Å². The molecule has 5 nitrogen and oxygen atoms in total. The number of hydrogen-bond donors (Lipinski definition) is 2. The Hall–Kier alpha value is -1.48. The first kappa shape index (κ1) is 15.6. The zero-order valence-corrected chi connectivity index (χ0v) is 10.7. The van der Waals surface area contributed by atoms with E-state index in [-0.39, 0.29) is 17.0 Å². The van der Waals surface area contributed by atoms with E-state index in [9.17, 15) is 21.6 Å². The molecule has 0 unspecified atom stereocenters. The molecule has 0 aliphatic heterocycles. The normalized spacial score (nSPS) is 12.3. The van der Waals surface area contributed by atoms with Crippen molar-refractivity contribution in [3.05, 3.63) is 23.8 Å². The number of ether oxygens (including phenoxy) is 1. The maximum Gasteiger partial charge on any atom is 0.516 e. The highest BCUT2D eigenvalue weighted by Crippen LogP contribution is 2.28. The summed E-state index contributed by atoms with van der Waals surface area (Å²) in [6.07, 6.45) is 0. The van der Waals surface area contributed by atoms with Gasteiger partial charge in [0.05, 0.1) is 13.2 Å². The molecule has 0 radical (unpaired) electrons. The zero-order chi connectivity index (χ0) is 14.7. The highest BCUT2D eigenvalue weighted by atomic mass is 32.2. The number of sulfonamides is 1. The molecule has 0 bridgehead atoms. The number of hydrogen-bond acceptors (Lipinski definition) is 4. The molecule has 9 heteroatoms. The van der Waals surface area contributed by atoms with Gasteiger partial charge in [-0.05, 0) is 25.1 Å². The van der Waals surface area contributed by atoms with Gasteiger partial charge in [0, 0.05) is 11.3 Å². The summed E-state index contributed by atoms with van der Waals surface area (Å²) in [7, 11) is -5.47. The molecule has 0 heterocycles. The van der Waals surface area contributed by atoms with E-state index < -0.39 is 22.1 Å². The second-order valence-corrected chi connectivity index (χ2v) is 5.14. The highest BCUT2D eigenvalue weighted by molar-refractivity contribution is 7.93. The van der Waals surface area contributed by atoms with Gasteiger partial charge in [-0.25, -0.2) is 0 Å². The summed E-state index contributed by atoms with van der Waals surface area (Å²) < 4.78 is 64.8. The molecule has 1 aromatic rings. The Morgan fingerprint density at radius 3 is 2.47 bits per heavy atom. The van der Waals surface area contributed by atoms with Crippen molar-refractivity contribution in [1.29, 1.82) is 0 Å². The predicted molar refractivity (Wildman–Crippen MR) is 62.1 cm³/mol. The minimum absolute atomic E-state index is 0.184. The van der Waals surface area contributed by atoms with E-state index in [1.807, 2.05) is 0 Å². The van der Waals surface area contributed by atoms with Gasteiger partial charge >= 0.3 is 15.5 Å². The Morgan fingerprint density at radius 2 is 2.00 bits per heavy atom. The number of aliphatic hydroxyl groups is 1. The van der Waals surface area contributed by atoms with Gasteiger partial charge in [-0.3, -0.25) is 4.72 Å². The molecule has 0 spiro atoms. The average Bonchev–Trinajstić information content (AvgIpc) is 2.29. The minimum atomic E-state index is -5.47. The summed E-state index contributed by atoms with van der Waals surface area (Å²) in [6, 6.07) is 3.48. The Labute approximate surface area is 108 Å². The summed E-state index contributed by atoms with van der Waals surface area (Å²) in [5, 5.41) is 9.05. The molecular formula is C10H12F3NO4S. The Balaban J connectivity index is 3.05. The Morgan fingerprint density at radius 1 is 1.37 bits per heavy atom. The summed E-state index contributed by atoms with van der Waals surface area (Å²) in [5.41, 5.74) is -5.51. The van der Waals surface area contributed by atoms with Gasteiger partial charge in [0.2, 0.25) is 0 Å². The van der Waals surface area contributed by atoms with Crippen molar-refractivity contribution >= 4 is 15.7 Å². The van der Waals surface area contributed by atoms with Crippen LogP contribution in [0.4, 0.5) is 18.9 Å². The third kappa shape index (κ3) is 3.74. The van der Waals surface area contributed by atoms with Crippen LogP contribution in [-0.4, -0.2) is 25.6 Å². The predicted octanol–water partition coefficient (Wildman–Crippen LogP) is 1.84. The number of rotatable bonds is 5. The van der Waals surface area contributed by atoms with Crippen LogP contribution in [0.3, 0.4) is 0 Å². The molecule has 0 amide bonds. The number of halogens is 3. The van der Waals surface area contributed by atoms with E-state index in [0.717, 1.165) is 12.1 Å². The average molecular weight is 299 g/mol. The lowest BCUT2D eigenvalue weighted by Gasteiger charge is -2.13. The van der Waals surface area contributed by atoms with Crippen LogP contribution in [0.5, 0.6) is 5.75 Å². The fourth-order valence-corrected chi connectivity index (χ4v) is 1.83. The molecule has 0 aliphatic carbocycles. The van der Waals surface area contributed by atoms with Gasteiger partial charge in [0.15, 0.2) is 0 Å². The molecule has 1 aromatic carbocycles. The largest absolute Gasteiger partial charge is 0.516 e. The molecular weight excluding hydrogens is 287 g/mol. The van der Waals surface area contributed by atoms with Crippen molar-refractivity contribution in [2.75, 3.05) is 11.3 Å². The number of aliphatic hydroxyl groups excluding tert-OH is 1. The molecule has 19 heavy (non-hydrogen) atoms. The first-order valence-electron chi connectivity index (χ1n) is 5.17. The van der Waals surface area contributed by atoms with Crippen molar-refractivity contribution in [1.82, 2.24) is 0 Å². The van der Waals surface area contributed by atoms with Crippen molar-refractivity contribution in [2.24, 2.45) is 0 Å².